The van der Waals surface area contributed by atoms with E-state index in [0.29, 0.717) is 12.6 Å². The molecule has 0 radical (unpaired) electrons. The Morgan fingerprint density at radius 2 is 1.85 bits per heavy atom. The summed E-state index contributed by atoms with van der Waals surface area (Å²) in [6.07, 6.45) is 1.85. The first-order chi connectivity index (χ1) is 9.65. The number of carbonyl (C=O) groups is 1. The highest BCUT2D eigenvalue weighted by Gasteiger charge is 2.27. The quantitative estimate of drug-likeness (QED) is 0.648. The number of ether oxygens (including phenoxy) is 1. The first-order valence-corrected chi connectivity index (χ1v) is 7.49. The molecule has 0 aliphatic rings. The Bertz CT molecular complexity index is 391. The van der Waals surface area contributed by atoms with Gasteiger partial charge in [0.15, 0.2) is 5.78 Å². The summed E-state index contributed by atoms with van der Waals surface area (Å²) in [5.74, 6) is 0.213. The molecule has 0 bridgehead atoms. The van der Waals surface area contributed by atoms with Crippen LogP contribution in [0.2, 0.25) is 0 Å². The molecule has 3 nitrogen and oxygen atoms in total. The summed E-state index contributed by atoms with van der Waals surface area (Å²) in [5, 5.41) is 0. The number of carbonyl (C=O) groups excluding carboxylic acids is 1. The molecule has 3 heteroatoms. The highest BCUT2D eigenvalue weighted by atomic mass is 16.5. The van der Waals surface area contributed by atoms with Crippen molar-refractivity contribution >= 4 is 5.78 Å². The minimum absolute atomic E-state index is 0.0671. The summed E-state index contributed by atoms with van der Waals surface area (Å²) < 4.78 is 5.19. The number of rotatable bonds is 9. The second-order valence-corrected chi connectivity index (χ2v) is 5.14. The molecular formula is C17H27NO2. The second kappa shape index (κ2) is 8.88. The maximum absolute atomic E-state index is 12.7. The van der Waals surface area contributed by atoms with Crippen molar-refractivity contribution in [3.8, 4) is 0 Å². The second-order valence-electron chi connectivity index (χ2n) is 5.14. The third-order valence-corrected chi connectivity index (χ3v) is 3.86. The topological polar surface area (TPSA) is 29.5 Å². The van der Waals surface area contributed by atoms with Crippen molar-refractivity contribution in [3.63, 3.8) is 0 Å². The Balaban J connectivity index is 2.91. The van der Waals surface area contributed by atoms with E-state index in [9.17, 15) is 4.79 Å². The van der Waals surface area contributed by atoms with Crippen molar-refractivity contribution in [2.75, 3.05) is 20.3 Å². The predicted octanol–water partition coefficient (Wildman–Crippen LogP) is 3.39. The minimum atomic E-state index is -0.0671. The lowest BCUT2D eigenvalue weighted by Gasteiger charge is -2.34. The van der Waals surface area contributed by atoms with Gasteiger partial charge in [0.2, 0.25) is 0 Å². The molecule has 0 aliphatic heterocycles. The van der Waals surface area contributed by atoms with Gasteiger partial charge in [-0.15, -0.1) is 0 Å². The Labute approximate surface area is 122 Å². The van der Waals surface area contributed by atoms with Gasteiger partial charge < -0.3 is 4.74 Å². The fourth-order valence-electron chi connectivity index (χ4n) is 2.48. The zero-order chi connectivity index (χ0) is 15.0. The van der Waals surface area contributed by atoms with E-state index >= 15 is 0 Å². The molecule has 0 saturated heterocycles. The summed E-state index contributed by atoms with van der Waals surface area (Å²) in [7, 11) is 1.70. The van der Waals surface area contributed by atoms with Crippen molar-refractivity contribution in [3.05, 3.63) is 35.9 Å². The molecule has 1 rings (SSSR count). The number of methoxy groups -OCH3 is 1. The van der Waals surface area contributed by atoms with Crippen LogP contribution in [0.25, 0.3) is 0 Å². The molecule has 2 atom stereocenters. The molecule has 1 aromatic carbocycles. The maximum Gasteiger partial charge on any atom is 0.179 e. The fraction of sp³-hybridized carbons (Fsp3) is 0.588. The summed E-state index contributed by atoms with van der Waals surface area (Å²) in [4.78, 5) is 15.0. The van der Waals surface area contributed by atoms with Gasteiger partial charge in [-0.05, 0) is 19.8 Å². The van der Waals surface area contributed by atoms with E-state index in [0.717, 1.165) is 24.9 Å². The molecule has 0 fully saturated rings. The summed E-state index contributed by atoms with van der Waals surface area (Å²) >= 11 is 0. The van der Waals surface area contributed by atoms with Crippen LogP contribution in [0.4, 0.5) is 0 Å². The molecule has 0 aromatic heterocycles. The zero-order valence-electron chi connectivity index (χ0n) is 13.1. The molecular weight excluding hydrogens is 250 g/mol. The summed E-state index contributed by atoms with van der Waals surface area (Å²) in [5.41, 5.74) is 0.796. The van der Waals surface area contributed by atoms with Crippen molar-refractivity contribution in [1.82, 2.24) is 4.90 Å². The first kappa shape index (κ1) is 16.9. The van der Waals surface area contributed by atoms with Crippen molar-refractivity contribution in [2.45, 2.75) is 45.7 Å². The number of hydrogen-bond acceptors (Lipinski definition) is 3. The van der Waals surface area contributed by atoms with Crippen LogP contribution in [0.1, 0.15) is 44.0 Å². The summed E-state index contributed by atoms with van der Waals surface area (Å²) in [6, 6.07) is 9.89. The van der Waals surface area contributed by atoms with E-state index in [1.54, 1.807) is 7.11 Å². The molecule has 20 heavy (non-hydrogen) atoms. The van der Waals surface area contributed by atoms with Gasteiger partial charge in [-0.2, -0.15) is 0 Å². The zero-order valence-corrected chi connectivity index (χ0v) is 13.1. The lowest BCUT2D eigenvalue weighted by molar-refractivity contribution is 0.0622. The average Bonchev–Trinajstić information content (AvgIpc) is 2.51. The Hall–Kier alpha value is -1.19. The normalized spacial score (nSPS) is 14.2. The number of hydrogen-bond donors (Lipinski definition) is 0. The predicted molar refractivity (Wildman–Crippen MR) is 83.2 cm³/mol. The lowest BCUT2D eigenvalue weighted by atomic mass is 9.99. The van der Waals surface area contributed by atoms with Gasteiger partial charge in [0.1, 0.15) is 0 Å². The molecule has 0 spiro atoms. The first-order valence-electron chi connectivity index (χ1n) is 7.49. The Morgan fingerprint density at radius 3 is 2.35 bits per heavy atom. The van der Waals surface area contributed by atoms with Gasteiger partial charge in [-0.3, -0.25) is 9.69 Å². The molecule has 1 aromatic rings. The van der Waals surface area contributed by atoms with Crippen molar-refractivity contribution in [2.24, 2.45) is 0 Å². The van der Waals surface area contributed by atoms with E-state index in [2.05, 4.69) is 25.7 Å². The van der Waals surface area contributed by atoms with Crippen LogP contribution < -0.4 is 0 Å². The third kappa shape index (κ3) is 4.43. The molecule has 0 aliphatic carbocycles. The minimum Gasteiger partial charge on any atom is -0.383 e. The van der Waals surface area contributed by atoms with Crippen LogP contribution >= 0.6 is 0 Å². The SMILES string of the molecule is CCC(C)N(CCOC)C(CC)C(=O)c1ccccc1. The number of Topliss-reactive ketones (excluding diaryl/α,β-unsaturated/α-hetero) is 1. The van der Waals surface area contributed by atoms with Gasteiger partial charge >= 0.3 is 0 Å². The van der Waals surface area contributed by atoms with Crippen LogP contribution in [0.15, 0.2) is 30.3 Å². The number of ketones is 1. The van der Waals surface area contributed by atoms with Crippen LogP contribution in [0, 0.1) is 0 Å². The fourth-order valence-corrected chi connectivity index (χ4v) is 2.48. The van der Waals surface area contributed by atoms with Gasteiger partial charge in [0.25, 0.3) is 0 Å². The molecule has 0 N–H and O–H groups in total. The molecule has 112 valence electrons. The molecule has 0 heterocycles. The largest absolute Gasteiger partial charge is 0.383 e. The average molecular weight is 277 g/mol. The summed E-state index contributed by atoms with van der Waals surface area (Å²) in [6.45, 7) is 7.86. The Kier molecular flexibility index (Phi) is 7.48. The highest BCUT2D eigenvalue weighted by Crippen LogP contribution is 2.16. The van der Waals surface area contributed by atoms with E-state index in [-0.39, 0.29) is 11.8 Å². The van der Waals surface area contributed by atoms with Gasteiger partial charge in [-0.1, -0.05) is 44.2 Å². The van der Waals surface area contributed by atoms with Crippen molar-refractivity contribution in [1.29, 1.82) is 0 Å². The van der Waals surface area contributed by atoms with Crippen LogP contribution in [0.3, 0.4) is 0 Å². The monoisotopic (exact) mass is 277 g/mol. The van der Waals surface area contributed by atoms with Gasteiger partial charge in [0, 0.05) is 25.3 Å². The van der Waals surface area contributed by atoms with Crippen LogP contribution in [-0.2, 0) is 4.74 Å². The third-order valence-electron chi connectivity index (χ3n) is 3.86. The van der Waals surface area contributed by atoms with E-state index in [4.69, 9.17) is 4.74 Å². The lowest BCUT2D eigenvalue weighted by Crippen LogP contribution is -2.47. The van der Waals surface area contributed by atoms with Crippen LogP contribution in [0.5, 0.6) is 0 Å². The van der Waals surface area contributed by atoms with Gasteiger partial charge in [0.05, 0.1) is 12.6 Å². The Morgan fingerprint density at radius 1 is 1.20 bits per heavy atom. The smallest absolute Gasteiger partial charge is 0.179 e. The standard InChI is InChI=1S/C17H27NO2/c1-5-14(3)18(12-13-20-4)16(6-2)17(19)15-10-8-7-9-11-15/h7-11,14,16H,5-6,12-13H2,1-4H3. The van der Waals surface area contributed by atoms with E-state index in [1.165, 1.54) is 0 Å². The number of benzene rings is 1. The van der Waals surface area contributed by atoms with E-state index < -0.39 is 0 Å². The molecule has 2 unspecified atom stereocenters. The van der Waals surface area contributed by atoms with E-state index in [1.807, 2.05) is 30.3 Å². The maximum atomic E-state index is 12.7. The van der Waals surface area contributed by atoms with Crippen molar-refractivity contribution < 1.29 is 9.53 Å². The van der Waals surface area contributed by atoms with Crippen LogP contribution in [-0.4, -0.2) is 43.0 Å². The highest BCUT2D eigenvalue weighted by molar-refractivity contribution is 6.00. The molecule has 0 saturated carbocycles. The van der Waals surface area contributed by atoms with Gasteiger partial charge in [-0.25, -0.2) is 0 Å². The molecule has 0 amide bonds. The number of nitrogens with zero attached hydrogens (tertiary/aromatic N) is 1.